The minimum atomic E-state index is -0.465. The number of hydrogen-bond acceptors (Lipinski definition) is 2. The minimum Gasteiger partial charge on any atom is -0.379 e. The Morgan fingerprint density at radius 3 is 3.06 bits per heavy atom. The standard InChI is InChI=1S/C12H14ClFN2O2/c13-10-5-8(1-2-11(10)14)6-15-12(17)16-9-3-4-18-7-9/h1-2,5,9H,3-4,6-7H2,(H2,15,16,17). The summed E-state index contributed by atoms with van der Waals surface area (Å²) in [6.07, 6.45) is 0.829. The van der Waals surface area contributed by atoms with Gasteiger partial charge in [-0.05, 0) is 24.1 Å². The maximum absolute atomic E-state index is 12.9. The van der Waals surface area contributed by atoms with Gasteiger partial charge in [0.15, 0.2) is 0 Å². The van der Waals surface area contributed by atoms with Gasteiger partial charge in [-0.3, -0.25) is 0 Å². The molecule has 1 fully saturated rings. The van der Waals surface area contributed by atoms with E-state index in [0.29, 0.717) is 19.8 Å². The highest BCUT2D eigenvalue weighted by molar-refractivity contribution is 6.30. The van der Waals surface area contributed by atoms with E-state index in [1.54, 1.807) is 6.07 Å². The Kier molecular flexibility index (Phi) is 4.38. The van der Waals surface area contributed by atoms with Crippen LogP contribution >= 0.6 is 11.6 Å². The van der Waals surface area contributed by atoms with Crippen molar-refractivity contribution >= 4 is 17.6 Å². The number of amides is 2. The van der Waals surface area contributed by atoms with E-state index in [2.05, 4.69) is 10.6 Å². The summed E-state index contributed by atoms with van der Waals surface area (Å²) in [7, 11) is 0. The Hall–Kier alpha value is -1.33. The van der Waals surface area contributed by atoms with Crippen LogP contribution in [-0.2, 0) is 11.3 Å². The summed E-state index contributed by atoms with van der Waals surface area (Å²) in [5.41, 5.74) is 0.749. The molecule has 98 valence electrons. The summed E-state index contributed by atoms with van der Waals surface area (Å²) in [4.78, 5) is 11.5. The van der Waals surface area contributed by atoms with Crippen molar-refractivity contribution in [2.75, 3.05) is 13.2 Å². The Labute approximate surface area is 109 Å². The molecule has 2 rings (SSSR count). The first-order valence-corrected chi connectivity index (χ1v) is 6.09. The second-order valence-electron chi connectivity index (χ2n) is 4.14. The Balaban J connectivity index is 1.79. The van der Waals surface area contributed by atoms with E-state index < -0.39 is 5.82 Å². The molecule has 0 bridgehead atoms. The third-order valence-electron chi connectivity index (χ3n) is 2.70. The second-order valence-corrected chi connectivity index (χ2v) is 4.54. The molecule has 1 aliphatic heterocycles. The van der Waals surface area contributed by atoms with Gasteiger partial charge in [-0.15, -0.1) is 0 Å². The van der Waals surface area contributed by atoms with Gasteiger partial charge in [-0.25, -0.2) is 9.18 Å². The van der Waals surface area contributed by atoms with E-state index in [9.17, 15) is 9.18 Å². The van der Waals surface area contributed by atoms with E-state index in [4.69, 9.17) is 16.3 Å². The van der Waals surface area contributed by atoms with Gasteiger partial charge in [0, 0.05) is 13.2 Å². The number of carbonyl (C=O) groups excluding carboxylic acids is 1. The van der Waals surface area contributed by atoms with Crippen molar-refractivity contribution in [1.29, 1.82) is 0 Å². The van der Waals surface area contributed by atoms with Gasteiger partial charge in [0.25, 0.3) is 0 Å². The molecule has 2 amide bonds. The molecule has 1 atom stereocenters. The van der Waals surface area contributed by atoms with E-state index in [1.807, 2.05) is 0 Å². The lowest BCUT2D eigenvalue weighted by molar-refractivity contribution is 0.188. The fourth-order valence-electron chi connectivity index (χ4n) is 1.72. The van der Waals surface area contributed by atoms with Crippen LogP contribution in [0.15, 0.2) is 18.2 Å². The Bertz CT molecular complexity index is 436. The van der Waals surface area contributed by atoms with Crippen LogP contribution in [0.25, 0.3) is 0 Å². The minimum absolute atomic E-state index is 0.0545. The molecule has 4 nitrogen and oxygen atoms in total. The number of nitrogens with one attached hydrogen (secondary N) is 2. The molecule has 0 spiro atoms. The maximum atomic E-state index is 12.9. The monoisotopic (exact) mass is 272 g/mol. The number of rotatable bonds is 3. The zero-order valence-corrected chi connectivity index (χ0v) is 10.5. The van der Waals surface area contributed by atoms with Crippen molar-refractivity contribution in [1.82, 2.24) is 10.6 Å². The lowest BCUT2D eigenvalue weighted by atomic mass is 10.2. The number of benzene rings is 1. The third kappa shape index (κ3) is 3.58. The van der Waals surface area contributed by atoms with E-state index >= 15 is 0 Å². The first-order valence-electron chi connectivity index (χ1n) is 5.71. The van der Waals surface area contributed by atoms with Crippen LogP contribution in [0.3, 0.4) is 0 Å². The SMILES string of the molecule is O=C(NCc1ccc(F)c(Cl)c1)NC1CCOC1. The summed E-state index contributed by atoms with van der Waals surface area (Å²) in [6.45, 7) is 1.54. The third-order valence-corrected chi connectivity index (χ3v) is 2.99. The normalized spacial score (nSPS) is 18.7. The highest BCUT2D eigenvalue weighted by Gasteiger charge is 2.17. The number of ether oxygens (including phenoxy) is 1. The number of halogens is 2. The summed E-state index contributed by atoms with van der Waals surface area (Å²) >= 11 is 5.65. The average Bonchev–Trinajstić information content (AvgIpc) is 2.83. The fraction of sp³-hybridized carbons (Fsp3) is 0.417. The van der Waals surface area contributed by atoms with Crippen LogP contribution in [-0.4, -0.2) is 25.3 Å². The quantitative estimate of drug-likeness (QED) is 0.885. The van der Waals surface area contributed by atoms with Crippen LogP contribution in [0.1, 0.15) is 12.0 Å². The van der Waals surface area contributed by atoms with Crippen LogP contribution in [0, 0.1) is 5.82 Å². The molecule has 0 radical (unpaired) electrons. The zero-order chi connectivity index (χ0) is 13.0. The predicted octanol–water partition coefficient (Wildman–Crippen LogP) is 2.07. The second kappa shape index (κ2) is 6.02. The summed E-state index contributed by atoms with van der Waals surface area (Å²) in [6, 6.07) is 4.17. The molecule has 1 unspecified atom stereocenters. The number of carbonyl (C=O) groups is 1. The van der Waals surface area contributed by atoms with Crippen LogP contribution in [0.2, 0.25) is 5.02 Å². The number of urea groups is 1. The van der Waals surface area contributed by atoms with Gasteiger partial charge in [0.1, 0.15) is 5.82 Å². The van der Waals surface area contributed by atoms with Gasteiger partial charge >= 0.3 is 6.03 Å². The molecular formula is C12H14ClFN2O2. The molecule has 1 saturated heterocycles. The summed E-state index contributed by atoms with van der Waals surface area (Å²) < 4.78 is 18.1. The van der Waals surface area contributed by atoms with Gasteiger partial charge in [-0.1, -0.05) is 17.7 Å². The van der Waals surface area contributed by atoms with Gasteiger partial charge in [0.05, 0.1) is 17.7 Å². The van der Waals surface area contributed by atoms with Gasteiger partial charge < -0.3 is 15.4 Å². The molecule has 1 aromatic carbocycles. The molecule has 1 aromatic rings. The van der Waals surface area contributed by atoms with Crippen molar-refractivity contribution in [3.05, 3.63) is 34.6 Å². The Morgan fingerprint density at radius 1 is 1.56 bits per heavy atom. The fourth-order valence-corrected chi connectivity index (χ4v) is 1.92. The first kappa shape index (κ1) is 13.1. The molecule has 0 saturated carbocycles. The van der Waals surface area contributed by atoms with Crippen LogP contribution in [0.5, 0.6) is 0 Å². The molecule has 0 aromatic heterocycles. The van der Waals surface area contributed by atoms with Crippen molar-refractivity contribution in [2.45, 2.75) is 19.0 Å². The van der Waals surface area contributed by atoms with Gasteiger partial charge in [0.2, 0.25) is 0 Å². The van der Waals surface area contributed by atoms with Crippen molar-refractivity contribution in [3.63, 3.8) is 0 Å². The van der Waals surface area contributed by atoms with Crippen LogP contribution < -0.4 is 10.6 Å². The van der Waals surface area contributed by atoms with E-state index in [1.165, 1.54) is 12.1 Å². The molecule has 0 aliphatic carbocycles. The van der Waals surface area contributed by atoms with Gasteiger partial charge in [-0.2, -0.15) is 0 Å². The highest BCUT2D eigenvalue weighted by Crippen LogP contribution is 2.15. The summed E-state index contributed by atoms with van der Waals surface area (Å²) in [5, 5.41) is 5.53. The molecule has 6 heteroatoms. The van der Waals surface area contributed by atoms with Crippen molar-refractivity contribution in [2.24, 2.45) is 0 Å². The van der Waals surface area contributed by atoms with Crippen molar-refractivity contribution in [3.8, 4) is 0 Å². The maximum Gasteiger partial charge on any atom is 0.315 e. The summed E-state index contributed by atoms with van der Waals surface area (Å²) in [5.74, 6) is -0.465. The first-order chi connectivity index (χ1) is 8.65. The smallest absolute Gasteiger partial charge is 0.315 e. The van der Waals surface area contributed by atoms with Crippen LogP contribution in [0.4, 0.5) is 9.18 Å². The lowest BCUT2D eigenvalue weighted by Crippen LogP contribution is -2.42. The van der Waals surface area contributed by atoms with E-state index in [0.717, 1.165) is 12.0 Å². The highest BCUT2D eigenvalue weighted by atomic mass is 35.5. The predicted molar refractivity (Wildman–Crippen MR) is 66.0 cm³/mol. The largest absolute Gasteiger partial charge is 0.379 e. The lowest BCUT2D eigenvalue weighted by Gasteiger charge is -2.12. The molecule has 2 N–H and O–H groups in total. The molecular weight excluding hydrogens is 259 g/mol. The molecule has 1 aliphatic rings. The number of hydrogen-bond donors (Lipinski definition) is 2. The topological polar surface area (TPSA) is 50.4 Å². The Morgan fingerprint density at radius 2 is 2.39 bits per heavy atom. The molecule has 1 heterocycles. The van der Waals surface area contributed by atoms with E-state index in [-0.39, 0.29) is 17.1 Å². The molecule has 18 heavy (non-hydrogen) atoms. The average molecular weight is 273 g/mol. The zero-order valence-electron chi connectivity index (χ0n) is 9.71. The van der Waals surface area contributed by atoms with Crippen molar-refractivity contribution < 1.29 is 13.9 Å².